The van der Waals surface area contributed by atoms with Crippen LogP contribution in [0.1, 0.15) is 31.6 Å². The van der Waals surface area contributed by atoms with E-state index in [-0.39, 0.29) is 18.4 Å². The van der Waals surface area contributed by atoms with Gasteiger partial charge in [-0.25, -0.2) is 0 Å². The summed E-state index contributed by atoms with van der Waals surface area (Å²) in [5, 5.41) is 26.7. The summed E-state index contributed by atoms with van der Waals surface area (Å²) in [6.45, 7) is 2.96. The molecule has 0 aromatic carbocycles. The van der Waals surface area contributed by atoms with Crippen LogP contribution in [0.25, 0.3) is 0 Å². The second kappa shape index (κ2) is 6.55. The number of thioether (sulfide) groups is 1. The summed E-state index contributed by atoms with van der Waals surface area (Å²) in [6.07, 6.45) is 1.90. The van der Waals surface area contributed by atoms with Crippen LogP contribution in [0, 0.1) is 0 Å². The quantitative estimate of drug-likeness (QED) is 0.769. The van der Waals surface area contributed by atoms with Crippen molar-refractivity contribution in [2.75, 3.05) is 19.3 Å². The molecule has 0 spiro atoms. The van der Waals surface area contributed by atoms with Crippen molar-refractivity contribution in [2.45, 2.75) is 43.6 Å². The van der Waals surface area contributed by atoms with E-state index in [0.717, 1.165) is 31.1 Å². The van der Waals surface area contributed by atoms with Crippen molar-refractivity contribution < 1.29 is 15.0 Å². The first-order valence-electron chi connectivity index (χ1n) is 6.62. The summed E-state index contributed by atoms with van der Waals surface area (Å²) in [5.74, 6) is -0.419. The second-order valence-corrected chi connectivity index (χ2v) is 6.06. The molecule has 8 heteroatoms. The molecule has 112 valence electrons. The fourth-order valence-corrected chi connectivity index (χ4v) is 3.25. The number of aliphatic carboxylic acids is 1. The zero-order valence-electron chi connectivity index (χ0n) is 11.7. The molecule has 1 aromatic rings. The van der Waals surface area contributed by atoms with Gasteiger partial charge in [0.2, 0.25) is 0 Å². The van der Waals surface area contributed by atoms with Gasteiger partial charge in [0.25, 0.3) is 0 Å². The maximum absolute atomic E-state index is 10.7. The van der Waals surface area contributed by atoms with Crippen molar-refractivity contribution in [3.63, 3.8) is 0 Å². The van der Waals surface area contributed by atoms with Crippen molar-refractivity contribution in [2.24, 2.45) is 0 Å². The molecule has 0 saturated carbocycles. The Labute approximate surface area is 122 Å². The topological polar surface area (TPSA) is 91.5 Å². The van der Waals surface area contributed by atoms with Gasteiger partial charge in [0.15, 0.2) is 11.0 Å². The molecule has 0 bridgehead atoms. The average molecular weight is 300 g/mol. The summed E-state index contributed by atoms with van der Waals surface area (Å²) in [7, 11) is 2.10. The third kappa shape index (κ3) is 3.31. The van der Waals surface area contributed by atoms with Crippen LogP contribution in [0.5, 0.6) is 0 Å². The Balaban J connectivity index is 2.19. The molecule has 0 aliphatic carbocycles. The van der Waals surface area contributed by atoms with Gasteiger partial charge in [0, 0.05) is 18.6 Å². The van der Waals surface area contributed by atoms with E-state index in [4.69, 9.17) is 5.11 Å². The summed E-state index contributed by atoms with van der Waals surface area (Å²) in [6, 6.07) is 0.662. The van der Waals surface area contributed by atoms with Crippen molar-refractivity contribution in [3.8, 4) is 0 Å². The van der Waals surface area contributed by atoms with Crippen molar-refractivity contribution in [1.82, 2.24) is 19.7 Å². The largest absolute Gasteiger partial charge is 0.481 e. The number of aliphatic hydroxyl groups is 1. The number of rotatable bonds is 5. The van der Waals surface area contributed by atoms with Crippen LogP contribution >= 0.6 is 11.8 Å². The van der Waals surface area contributed by atoms with Gasteiger partial charge in [-0.15, -0.1) is 10.2 Å². The minimum absolute atomic E-state index is 0.0499. The molecule has 1 aliphatic rings. The number of hydrogen-bond acceptors (Lipinski definition) is 6. The predicted octanol–water partition coefficient (Wildman–Crippen LogP) is 0.602. The Kier molecular flexibility index (Phi) is 5.00. The average Bonchev–Trinajstić information content (AvgIpc) is 2.82. The zero-order valence-corrected chi connectivity index (χ0v) is 12.5. The number of carboxylic acid groups (broad SMARTS) is 1. The lowest BCUT2D eigenvalue weighted by molar-refractivity contribution is -0.133. The Morgan fingerprint density at radius 2 is 2.25 bits per heavy atom. The Hall–Kier alpha value is -1.12. The van der Waals surface area contributed by atoms with Gasteiger partial charge in [0.1, 0.15) is 6.61 Å². The zero-order chi connectivity index (χ0) is 14.7. The lowest BCUT2D eigenvalue weighted by atomic mass is 9.99. The fraction of sp³-hybridized carbons (Fsp3) is 0.750. The van der Waals surface area contributed by atoms with Crippen LogP contribution in [0.2, 0.25) is 0 Å². The van der Waals surface area contributed by atoms with E-state index in [9.17, 15) is 9.90 Å². The van der Waals surface area contributed by atoms with Crippen LogP contribution < -0.4 is 0 Å². The van der Waals surface area contributed by atoms with Crippen molar-refractivity contribution in [3.05, 3.63) is 5.82 Å². The number of aliphatic hydroxyl groups excluding tert-OH is 1. The maximum Gasteiger partial charge on any atom is 0.313 e. The first-order chi connectivity index (χ1) is 9.52. The molecule has 2 rings (SSSR count). The molecule has 0 amide bonds. The number of piperidine rings is 1. The van der Waals surface area contributed by atoms with Crippen LogP contribution in [-0.4, -0.2) is 61.2 Å². The Morgan fingerprint density at radius 3 is 2.85 bits per heavy atom. The van der Waals surface area contributed by atoms with E-state index >= 15 is 0 Å². The van der Waals surface area contributed by atoms with Crippen LogP contribution in [0.4, 0.5) is 0 Å². The van der Waals surface area contributed by atoms with Gasteiger partial charge in [-0.05, 0) is 26.8 Å². The van der Waals surface area contributed by atoms with Gasteiger partial charge in [-0.3, -0.25) is 4.79 Å². The van der Waals surface area contributed by atoms with Gasteiger partial charge < -0.3 is 19.7 Å². The fourth-order valence-electron chi connectivity index (χ4n) is 2.51. The smallest absolute Gasteiger partial charge is 0.313 e. The molecule has 0 radical (unpaired) electrons. The van der Waals surface area contributed by atoms with Gasteiger partial charge in [0.05, 0.1) is 5.75 Å². The van der Waals surface area contributed by atoms with Crippen LogP contribution in [-0.2, 0) is 11.4 Å². The molecular weight excluding hydrogens is 280 g/mol. The van der Waals surface area contributed by atoms with Crippen molar-refractivity contribution in [1.29, 1.82) is 0 Å². The number of hydrogen-bond donors (Lipinski definition) is 2. The molecule has 2 N–H and O–H groups in total. The van der Waals surface area contributed by atoms with Gasteiger partial charge in [-0.1, -0.05) is 11.8 Å². The minimum atomic E-state index is -0.883. The highest BCUT2D eigenvalue weighted by Gasteiger charge is 2.28. The number of likely N-dealkylation sites (tertiary alicyclic amines) is 1. The number of aromatic nitrogens is 3. The highest BCUT2D eigenvalue weighted by atomic mass is 32.2. The number of carbonyl (C=O) groups is 1. The standard InChI is InChI=1S/C12H20N4O3S/c1-8-5-9(3-4-15(8)2)16-10(6-17)13-14-12(16)20-7-11(18)19/h8-9,17H,3-7H2,1-2H3,(H,18,19). The molecule has 20 heavy (non-hydrogen) atoms. The molecular formula is C12H20N4O3S. The molecule has 1 aliphatic heterocycles. The molecule has 2 atom stereocenters. The lowest BCUT2D eigenvalue weighted by Crippen LogP contribution is -2.39. The summed E-state index contributed by atoms with van der Waals surface area (Å²) < 4.78 is 1.91. The van der Waals surface area contributed by atoms with E-state index in [1.165, 1.54) is 0 Å². The van der Waals surface area contributed by atoms with Crippen molar-refractivity contribution >= 4 is 17.7 Å². The Bertz CT molecular complexity index is 479. The van der Waals surface area contributed by atoms with Gasteiger partial charge >= 0.3 is 5.97 Å². The summed E-state index contributed by atoms with van der Waals surface area (Å²) in [5.41, 5.74) is 0. The molecule has 1 fully saturated rings. The van der Waals surface area contributed by atoms with Gasteiger partial charge in [-0.2, -0.15) is 0 Å². The lowest BCUT2D eigenvalue weighted by Gasteiger charge is -2.36. The van der Waals surface area contributed by atoms with E-state index < -0.39 is 5.97 Å². The first kappa shape index (κ1) is 15.3. The molecule has 1 aromatic heterocycles. The predicted molar refractivity (Wildman–Crippen MR) is 74.7 cm³/mol. The number of nitrogens with zero attached hydrogens (tertiary/aromatic N) is 4. The summed E-state index contributed by atoms with van der Waals surface area (Å²) in [4.78, 5) is 13.0. The third-order valence-corrected chi connectivity index (χ3v) is 4.67. The molecule has 1 saturated heterocycles. The SMILES string of the molecule is CC1CC(n2c(CO)nnc2SCC(=O)O)CCN1C. The van der Waals surface area contributed by atoms with E-state index in [2.05, 4.69) is 29.1 Å². The van der Waals surface area contributed by atoms with E-state index in [1.54, 1.807) is 0 Å². The minimum Gasteiger partial charge on any atom is -0.481 e. The first-order valence-corrected chi connectivity index (χ1v) is 7.61. The molecule has 2 unspecified atom stereocenters. The molecule has 7 nitrogen and oxygen atoms in total. The second-order valence-electron chi connectivity index (χ2n) is 5.12. The maximum atomic E-state index is 10.7. The summed E-state index contributed by atoms with van der Waals surface area (Å²) >= 11 is 1.15. The molecule has 2 heterocycles. The number of carboxylic acids is 1. The Morgan fingerprint density at radius 1 is 1.50 bits per heavy atom. The third-order valence-electron chi connectivity index (χ3n) is 3.75. The van der Waals surface area contributed by atoms with Crippen LogP contribution in [0.3, 0.4) is 0 Å². The monoisotopic (exact) mass is 300 g/mol. The highest BCUT2D eigenvalue weighted by molar-refractivity contribution is 7.99. The normalized spacial score (nSPS) is 23.9. The van der Waals surface area contributed by atoms with E-state index in [0.29, 0.717) is 17.0 Å². The van der Waals surface area contributed by atoms with E-state index in [1.807, 2.05) is 4.57 Å². The van der Waals surface area contributed by atoms with Crippen LogP contribution in [0.15, 0.2) is 5.16 Å². The highest BCUT2D eigenvalue weighted by Crippen LogP contribution is 2.31.